The van der Waals surface area contributed by atoms with Crippen LogP contribution in [0.5, 0.6) is 34.5 Å². The summed E-state index contributed by atoms with van der Waals surface area (Å²) in [6.45, 7) is 12.5. The first-order valence-electron chi connectivity index (χ1n) is 34.6. The van der Waals surface area contributed by atoms with E-state index in [1.165, 1.54) is 98.9 Å². The molecule has 0 radical (unpaired) electrons. The largest absolute Gasteiger partial charge is 0.494 e. The lowest BCUT2D eigenvalue weighted by atomic mass is 10.0. The molecule has 0 aromatic heterocycles. The molecule has 0 aliphatic rings. The maximum absolute atomic E-state index is 14.1. The summed E-state index contributed by atoms with van der Waals surface area (Å²) < 4.78 is 50.8. The highest BCUT2D eigenvalue weighted by atomic mass is 16.6. The minimum absolute atomic E-state index is 0.0421. The van der Waals surface area contributed by atoms with Gasteiger partial charge < -0.3 is 48.4 Å². The standard InChI is InChI=1S/C79H96N2O17/c1-5-8-9-26-31-58(4)95-73-56-71(80)69(55-72(73)81(88)89)60-34-36-61(37-35-60)76(84)96-65-39-32-59(33-40-65)57-94-78(86)70-54-62(77(85)97-66-45-41-63(42-46-66)90-50-27-22-18-14-10-12-16-20-24-29-52-92-74(82)6-2)38-49-68(70)79(87)98-67-47-43-64(44-48-67)91-51-28-23-19-15-11-13-17-21-25-30-53-93-75(83)7-3/h6-7,32-49,54-56,58H,2-3,5,8-31,50-53,57,80H2,1,4H3/t58-/m0/s1. The van der Waals surface area contributed by atoms with E-state index in [9.17, 15) is 38.9 Å². The zero-order valence-electron chi connectivity index (χ0n) is 56.9. The number of unbranched alkanes of at least 4 members (excludes halogenated alkanes) is 21. The molecule has 6 aromatic rings. The molecule has 1 atom stereocenters. The lowest BCUT2D eigenvalue weighted by Crippen LogP contribution is -2.18. The van der Waals surface area contributed by atoms with Crippen LogP contribution in [0.2, 0.25) is 0 Å². The van der Waals surface area contributed by atoms with Gasteiger partial charge >= 0.3 is 41.5 Å². The van der Waals surface area contributed by atoms with E-state index in [-0.39, 0.29) is 81.3 Å². The molecule has 0 aliphatic heterocycles. The molecule has 0 spiro atoms. The molecule has 6 rings (SSSR count). The van der Waals surface area contributed by atoms with Crippen molar-refractivity contribution in [3.05, 3.63) is 191 Å². The van der Waals surface area contributed by atoms with Crippen molar-refractivity contribution in [1.29, 1.82) is 0 Å². The van der Waals surface area contributed by atoms with Crippen LogP contribution in [-0.2, 0) is 30.4 Å². The smallest absolute Gasteiger partial charge is 0.344 e. The number of rotatable bonds is 48. The third-order valence-electron chi connectivity index (χ3n) is 16.3. The van der Waals surface area contributed by atoms with Crippen molar-refractivity contribution in [2.45, 2.75) is 187 Å². The second kappa shape index (κ2) is 44.1. The van der Waals surface area contributed by atoms with Crippen LogP contribution in [0.25, 0.3) is 11.1 Å². The van der Waals surface area contributed by atoms with E-state index in [2.05, 4.69) is 20.1 Å². The number of benzene rings is 6. The van der Waals surface area contributed by atoms with Gasteiger partial charge in [0.05, 0.1) is 59.7 Å². The van der Waals surface area contributed by atoms with Crippen LogP contribution in [0.3, 0.4) is 0 Å². The van der Waals surface area contributed by atoms with Gasteiger partial charge in [0.1, 0.15) is 35.4 Å². The Morgan fingerprint density at radius 1 is 0.459 bits per heavy atom. The summed E-state index contributed by atoms with van der Waals surface area (Å²) in [4.78, 5) is 88.9. The number of ether oxygens (including phenoxy) is 9. The van der Waals surface area contributed by atoms with E-state index in [4.69, 9.17) is 48.4 Å². The monoisotopic (exact) mass is 1340 g/mol. The molecule has 0 saturated heterocycles. The average Bonchev–Trinajstić information content (AvgIpc) is 0.820. The van der Waals surface area contributed by atoms with Gasteiger partial charge in [-0.2, -0.15) is 0 Å². The first-order valence-corrected chi connectivity index (χ1v) is 34.6. The molecule has 0 fully saturated rings. The molecule has 0 aliphatic carbocycles. The number of nitrogens with zero attached hydrogens (tertiary/aromatic N) is 1. The highest BCUT2D eigenvalue weighted by molar-refractivity contribution is 6.06. The summed E-state index contributed by atoms with van der Waals surface area (Å²) in [5, 5.41) is 12.1. The number of nitro benzene ring substituents is 1. The highest BCUT2D eigenvalue weighted by Crippen LogP contribution is 2.38. The summed E-state index contributed by atoms with van der Waals surface area (Å²) in [7, 11) is 0. The summed E-state index contributed by atoms with van der Waals surface area (Å²) in [5.74, 6) is -2.15. The third kappa shape index (κ3) is 28.5. The summed E-state index contributed by atoms with van der Waals surface area (Å²) >= 11 is 0. The van der Waals surface area contributed by atoms with Gasteiger partial charge in [-0.15, -0.1) is 0 Å². The zero-order chi connectivity index (χ0) is 70.1. The van der Waals surface area contributed by atoms with Crippen LogP contribution in [0, 0.1) is 10.1 Å². The van der Waals surface area contributed by atoms with Gasteiger partial charge in [-0.1, -0.05) is 166 Å². The van der Waals surface area contributed by atoms with Crippen LogP contribution < -0.4 is 34.2 Å². The molecule has 0 bridgehead atoms. The second-order valence-electron chi connectivity index (χ2n) is 24.1. The molecule has 524 valence electrons. The van der Waals surface area contributed by atoms with Crippen molar-refractivity contribution < 1.29 is 76.3 Å². The predicted molar refractivity (Wildman–Crippen MR) is 377 cm³/mol. The molecular formula is C79H96N2O17. The number of nitro groups is 1. The Hall–Kier alpha value is -9.78. The van der Waals surface area contributed by atoms with Crippen molar-refractivity contribution in [3.63, 3.8) is 0 Å². The van der Waals surface area contributed by atoms with Crippen LogP contribution in [-0.4, -0.2) is 73.3 Å². The maximum Gasteiger partial charge on any atom is 0.344 e. The molecule has 0 heterocycles. The van der Waals surface area contributed by atoms with Gasteiger partial charge in [0.15, 0.2) is 5.75 Å². The van der Waals surface area contributed by atoms with E-state index >= 15 is 0 Å². The second-order valence-corrected chi connectivity index (χ2v) is 24.1. The molecule has 2 N–H and O–H groups in total. The first-order chi connectivity index (χ1) is 47.6. The molecule has 98 heavy (non-hydrogen) atoms. The Morgan fingerprint density at radius 2 is 0.878 bits per heavy atom. The number of hydrogen-bond acceptors (Lipinski definition) is 18. The van der Waals surface area contributed by atoms with Crippen molar-refractivity contribution in [1.82, 2.24) is 0 Å². The van der Waals surface area contributed by atoms with E-state index in [1.807, 2.05) is 6.92 Å². The van der Waals surface area contributed by atoms with E-state index < -0.39 is 28.8 Å². The van der Waals surface area contributed by atoms with Crippen LogP contribution in [0.15, 0.2) is 153 Å². The highest BCUT2D eigenvalue weighted by Gasteiger charge is 2.25. The number of esters is 6. The fourth-order valence-corrected chi connectivity index (χ4v) is 10.7. The number of carbonyl (C=O) groups excluding carboxylic acids is 6. The summed E-state index contributed by atoms with van der Waals surface area (Å²) in [6, 6.07) is 32.4. The Morgan fingerprint density at radius 3 is 1.35 bits per heavy atom. The number of nitrogen functional groups attached to an aromatic ring is 1. The summed E-state index contributed by atoms with van der Waals surface area (Å²) in [6.07, 6.45) is 28.6. The fraction of sp³-hybridized carbons (Fsp3) is 0.418. The maximum atomic E-state index is 14.1. The van der Waals surface area contributed by atoms with E-state index in [0.717, 1.165) is 128 Å². The van der Waals surface area contributed by atoms with Crippen LogP contribution in [0.4, 0.5) is 11.4 Å². The topological polar surface area (TPSA) is 255 Å². The van der Waals surface area contributed by atoms with Crippen molar-refractivity contribution in [3.8, 4) is 45.6 Å². The van der Waals surface area contributed by atoms with Crippen molar-refractivity contribution in [2.24, 2.45) is 0 Å². The van der Waals surface area contributed by atoms with E-state index in [0.29, 0.717) is 54.6 Å². The van der Waals surface area contributed by atoms with Gasteiger partial charge in [-0.25, -0.2) is 28.8 Å². The van der Waals surface area contributed by atoms with Crippen LogP contribution >= 0.6 is 0 Å². The molecule has 19 heteroatoms. The Labute approximate surface area is 576 Å². The Balaban J connectivity index is 1.01. The Bertz CT molecular complexity index is 3480. The summed E-state index contributed by atoms with van der Waals surface area (Å²) in [5.41, 5.74) is 7.64. The molecule has 19 nitrogen and oxygen atoms in total. The molecule has 6 aromatic carbocycles. The molecular weight excluding hydrogens is 1250 g/mol. The SMILES string of the molecule is C=CC(=O)OCCCCCCCCCCCCOc1ccc(OC(=O)c2ccc(C(=O)Oc3ccc(OCCCCCCCCCCCCOC(=O)C=C)cc3)c(C(=O)OCc3ccc(OC(=O)c4ccc(-c5cc([N+](=O)[O-])c(O[C@@H](C)CCCCCC)cc5N)cc4)cc3)c2)cc1. The number of nitrogens with two attached hydrogens (primary N) is 1. The minimum Gasteiger partial charge on any atom is -0.494 e. The number of carbonyl (C=O) groups is 6. The molecule has 0 unspecified atom stereocenters. The lowest BCUT2D eigenvalue weighted by Gasteiger charge is -2.16. The Kier molecular flexibility index (Phi) is 34.8. The predicted octanol–water partition coefficient (Wildman–Crippen LogP) is 18.6. The van der Waals surface area contributed by atoms with Crippen molar-refractivity contribution in [2.75, 3.05) is 32.2 Å². The lowest BCUT2D eigenvalue weighted by molar-refractivity contribution is -0.386. The van der Waals surface area contributed by atoms with E-state index in [1.54, 1.807) is 72.8 Å². The van der Waals surface area contributed by atoms with Gasteiger partial charge in [-0.3, -0.25) is 10.1 Å². The molecule has 0 amide bonds. The van der Waals surface area contributed by atoms with Gasteiger partial charge in [0.25, 0.3) is 0 Å². The average molecular weight is 1350 g/mol. The third-order valence-corrected chi connectivity index (χ3v) is 16.3. The van der Waals surface area contributed by atoms with Gasteiger partial charge in [0, 0.05) is 35.5 Å². The molecule has 0 saturated carbocycles. The minimum atomic E-state index is -0.939. The fourth-order valence-electron chi connectivity index (χ4n) is 10.7. The quantitative estimate of drug-likeness (QED) is 0.00544. The normalized spacial score (nSPS) is 11.2. The van der Waals surface area contributed by atoms with Crippen molar-refractivity contribution >= 4 is 47.2 Å². The number of anilines is 1. The van der Waals surface area contributed by atoms with Crippen LogP contribution in [0.1, 0.15) is 221 Å². The number of hydrogen-bond donors (Lipinski definition) is 1. The van der Waals surface area contributed by atoms with Gasteiger partial charge in [0.2, 0.25) is 0 Å². The zero-order valence-corrected chi connectivity index (χ0v) is 56.9. The van der Waals surface area contributed by atoms with Gasteiger partial charge in [-0.05, 0) is 148 Å². The first kappa shape index (κ1) is 77.2.